The molecule has 0 spiro atoms. The molecule has 660 valence electrons. The lowest BCUT2D eigenvalue weighted by atomic mass is 9.99. The van der Waals surface area contributed by atoms with Gasteiger partial charge in [0, 0.05) is 25.7 Å². The minimum Gasteiger partial charge on any atom is -0.462 e. The second-order valence-electron chi connectivity index (χ2n) is 33.5. The number of hydrogen-bond acceptors (Lipinski definition) is 15. The summed E-state index contributed by atoms with van der Waals surface area (Å²) in [6.07, 6.45) is 78.5. The van der Waals surface area contributed by atoms with E-state index in [1.807, 2.05) is 0 Å². The van der Waals surface area contributed by atoms with E-state index in [0.29, 0.717) is 25.7 Å². The SMILES string of the molecule is CCCCCCCCCCCCCCCCCCCCCCCCC(=O)O[C@H](COC(=O)CCCCCCC)COP(=O)(O)OC[C@H](O)COP(=O)(O)OC[C@@H](COC(=O)CCCCCCCCCCCCCCCCCCCCC(C)CC)OC(=O)CCCCCCCCCCCCCCCCCCCCC(C)CC. The van der Waals surface area contributed by atoms with Crippen LogP contribution in [0, 0.1) is 11.8 Å². The summed E-state index contributed by atoms with van der Waals surface area (Å²) in [5, 5.41) is 10.7. The first-order valence-electron chi connectivity index (χ1n) is 47.6. The number of esters is 4. The number of hydrogen-bond donors (Lipinski definition) is 3. The molecule has 0 aromatic heterocycles. The average Bonchev–Trinajstić information content (AvgIpc) is 0.901. The molecule has 0 bridgehead atoms. The van der Waals surface area contributed by atoms with E-state index in [-0.39, 0.29) is 25.7 Å². The van der Waals surface area contributed by atoms with Crippen molar-refractivity contribution in [2.24, 2.45) is 11.8 Å². The second kappa shape index (κ2) is 83.1. The maximum absolute atomic E-state index is 13.2. The van der Waals surface area contributed by atoms with E-state index in [1.54, 1.807) is 0 Å². The van der Waals surface area contributed by atoms with Crippen LogP contribution in [0.4, 0.5) is 0 Å². The Morgan fingerprint density at radius 1 is 0.252 bits per heavy atom. The first kappa shape index (κ1) is 109. The zero-order valence-electron chi connectivity index (χ0n) is 73.3. The van der Waals surface area contributed by atoms with Crippen LogP contribution in [0.3, 0.4) is 0 Å². The van der Waals surface area contributed by atoms with Crippen LogP contribution in [0.1, 0.15) is 497 Å². The van der Waals surface area contributed by atoms with Crippen LogP contribution in [0.15, 0.2) is 0 Å². The lowest BCUT2D eigenvalue weighted by Crippen LogP contribution is -2.30. The van der Waals surface area contributed by atoms with Crippen molar-refractivity contribution < 1.29 is 80.2 Å². The molecule has 0 aromatic carbocycles. The van der Waals surface area contributed by atoms with Crippen molar-refractivity contribution >= 4 is 39.5 Å². The highest BCUT2D eigenvalue weighted by atomic mass is 31.2. The fourth-order valence-electron chi connectivity index (χ4n) is 14.4. The molecule has 0 aliphatic rings. The number of ether oxygens (including phenoxy) is 4. The van der Waals surface area contributed by atoms with E-state index in [0.717, 1.165) is 108 Å². The third-order valence-electron chi connectivity index (χ3n) is 22.4. The van der Waals surface area contributed by atoms with Crippen LogP contribution in [-0.2, 0) is 65.4 Å². The van der Waals surface area contributed by atoms with Crippen LogP contribution < -0.4 is 0 Å². The minimum atomic E-state index is -4.97. The summed E-state index contributed by atoms with van der Waals surface area (Å²) < 4.78 is 68.8. The molecule has 3 N–H and O–H groups in total. The summed E-state index contributed by atoms with van der Waals surface area (Å²) >= 11 is 0. The van der Waals surface area contributed by atoms with E-state index < -0.39 is 97.5 Å². The molecule has 0 heterocycles. The first-order valence-corrected chi connectivity index (χ1v) is 50.6. The van der Waals surface area contributed by atoms with Crippen molar-refractivity contribution in [1.29, 1.82) is 0 Å². The maximum Gasteiger partial charge on any atom is 0.472 e. The fourth-order valence-corrected chi connectivity index (χ4v) is 16.0. The number of carbonyl (C=O) groups is 4. The zero-order chi connectivity index (χ0) is 81.3. The number of phosphoric acid groups is 2. The molecule has 4 unspecified atom stereocenters. The molecule has 19 heteroatoms. The van der Waals surface area contributed by atoms with Gasteiger partial charge in [-0.15, -0.1) is 0 Å². The van der Waals surface area contributed by atoms with Crippen molar-refractivity contribution in [2.45, 2.75) is 516 Å². The normalized spacial score (nSPS) is 14.2. The highest BCUT2D eigenvalue weighted by Crippen LogP contribution is 2.45. The molecule has 17 nitrogen and oxygen atoms in total. The van der Waals surface area contributed by atoms with Crippen molar-refractivity contribution in [3.63, 3.8) is 0 Å². The molecule has 0 aliphatic heterocycles. The summed E-state index contributed by atoms with van der Waals surface area (Å²) in [6, 6.07) is 0. The minimum absolute atomic E-state index is 0.108. The van der Waals surface area contributed by atoms with E-state index in [1.165, 1.54) is 308 Å². The predicted molar refractivity (Wildman–Crippen MR) is 460 cm³/mol. The largest absolute Gasteiger partial charge is 0.472 e. The average molecular weight is 1620 g/mol. The van der Waals surface area contributed by atoms with Gasteiger partial charge in [-0.1, -0.05) is 446 Å². The lowest BCUT2D eigenvalue weighted by Gasteiger charge is -2.21. The first-order chi connectivity index (χ1) is 53.9. The Morgan fingerprint density at radius 3 is 0.640 bits per heavy atom. The van der Waals surface area contributed by atoms with Gasteiger partial charge in [0.1, 0.15) is 19.3 Å². The number of aliphatic hydroxyl groups is 1. The Kier molecular flexibility index (Phi) is 81.7. The molecule has 7 atom stereocenters. The monoisotopic (exact) mass is 1620 g/mol. The zero-order valence-corrected chi connectivity index (χ0v) is 75.1. The van der Waals surface area contributed by atoms with Crippen LogP contribution in [0.5, 0.6) is 0 Å². The Bertz CT molecular complexity index is 2120. The van der Waals surface area contributed by atoms with Gasteiger partial charge in [0.2, 0.25) is 0 Å². The van der Waals surface area contributed by atoms with Gasteiger partial charge in [0.25, 0.3) is 0 Å². The number of rotatable bonds is 91. The molecule has 0 saturated carbocycles. The van der Waals surface area contributed by atoms with E-state index >= 15 is 0 Å². The topological polar surface area (TPSA) is 237 Å². The molecule has 0 radical (unpaired) electrons. The summed E-state index contributed by atoms with van der Waals surface area (Å²) in [5.74, 6) is -0.364. The van der Waals surface area contributed by atoms with Crippen molar-refractivity contribution in [3.8, 4) is 0 Å². The van der Waals surface area contributed by atoms with E-state index in [4.69, 9.17) is 37.0 Å². The fraction of sp³-hybridized carbons (Fsp3) is 0.957. The number of phosphoric ester groups is 2. The maximum atomic E-state index is 13.2. The third kappa shape index (κ3) is 82.9. The lowest BCUT2D eigenvalue weighted by molar-refractivity contribution is -0.161. The standard InChI is InChI=1S/C92H180O17P2/c1-7-11-13-15-16-17-18-19-20-21-22-23-24-25-33-38-43-48-53-58-64-70-76-91(96)108-87(80-102-89(94)74-68-60-14-12-8-2)82-106-110(98,99)104-78-86(93)79-105-111(100,101)107-83-88(109-92(97)77-71-65-59-54-49-44-39-34-29-27-31-36-41-46-51-56-62-67-73-85(6)10-4)81-103-90(95)75-69-63-57-52-47-42-37-32-28-26-30-35-40-45-50-55-61-66-72-84(5)9-3/h84-88,93H,7-83H2,1-6H3,(H,98,99)(H,100,101)/t84?,85?,86-,87+,88+/m0/s1. The highest BCUT2D eigenvalue weighted by Gasteiger charge is 2.31. The number of aliphatic hydroxyl groups excluding tert-OH is 1. The van der Waals surface area contributed by atoms with Gasteiger partial charge >= 0.3 is 39.5 Å². The number of unbranched alkanes of at least 4 members (excludes halogenated alkanes) is 59. The second-order valence-corrected chi connectivity index (χ2v) is 36.4. The van der Waals surface area contributed by atoms with Crippen LogP contribution >= 0.6 is 15.6 Å². The summed E-state index contributed by atoms with van der Waals surface area (Å²) in [7, 11) is -9.92. The van der Waals surface area contributed by atoms with E-state index in [2.05, 4.69) is 41.5 Å². The Balaban J connectivity index is 5.07. The summed E-state index contributed by atoms with van der Waals surface area (Å²) in [4.78, 5) is 73.1. The molecule has 0 aromatic rings. The molecule has 111 heavy (non-hydrogen) atoms. The smallest absolute Gasteiger partial charge is 0.462 e. The summed E-state index contributed by atoms with van der Waals surface area (Å²) in [6.45, 7) is 9.74. The van der Waals surface area contributed by atoms with Gasteiger partial charge in [0.15, 0.2) is 12.2 Å². The predicted octanol–water partition coefficient (Wildman–Crippen LogP) is 28.6. The molecule has 0 aliphatic carbocycles. The quantitative estimate of drug-likeness (QED) is 0.0222. The third-order valence-corrected chi connectivity index (χ3v) is 24.3. The Labute approximate surface area is 683 Å². The van der Waals surface area contributed by atoms with Gasteiger partial charge in [-0.3, -0.25) is 37.3 Å². The van der Waals surface area contributed by atoms with Crippen LogP contribution in [0.25, 0.3) is 0 Å². The number of carbonyl (C=O) groups excluding carboxylic acids is 4. The Morgan fingerprint density at radius 2 is 0.432 bits per heavy atom. The molecule has 0 amide bonds. The molecular formula is C92H180O17P2. The van der Waals surface area contributed by atoms with Crippen molar-refractivity contribution in [2.75, 3.05) is 39.6 Å². The van der Waals surface area contributed by atoms with Crippen molar-refractivity contribution in [3.05, 3.63) is 0 Å². The summed E-state index contributed by atoms with van der Waals surface area (Å²) in [5.41, 5.74) is 0. The Hall–Kier alpha value is -1.94. The van der Waals surface area contributed by atoms with E-state index in [9.17, 15) is 43.2 Å². The van der Waals surface area contributed by atoms with Crippen LogP contribution in [0.2, 0.25) is 0 Å². The molecule has 0 rings (SSSR count). The molecule has 0 fully saturated rings. The highest BCUT2D eigenvalue weighted by molar-refractivity contribution is 7.47. The molecular weight excluding hydrogens is 1440 g/mol. The van der Waals surface area contributed by atoms with Gasteiger partial charge in [0.05, 0.1) is 26.4 Å². The van der Waals surface area contributed by atoms with Gasteiger partial charge < -0.3 is 33.8 Å². The van der Waals surface area contributed by atoms with Gasteiger partial charge in [-0.2, -0.15) is 0 Å². The van der Waals surface area contributed by atoms with Crippen LogP contribution in [-0.4, -0.2) is 96.7 Å². The van der Waals surface area contributed by atoms with Crippen molar-refractivity contribution in [1.82, 2.24) is 0 Å². The molecule has 0 saturated heterocycles. The van der Waals surface area contributed by atoms with Gasteiger partial charge in [-0.25, -0.2) is 9.13 Å². The van der Waals surface area contributed by atoms with Gasteiger partial charge in [-0.05, 0) is 37.5 Å².